The van der Waals surface area contributed by atoms with E-state index in [1.165, 1.54) is 0 Å². The van der Waals surface area contributed by atoms with E-state index < -0.39 is 11.6 Å². The number of rotatable bonds is 7. The topological polar surface area (TPSA) is 55.5 Å². The molecule has 0 fully saturated rings. The minimum atomic E-state index is -0.577. The van der Waals surface area contributed by atoms with Gasteiger partial charge in [0.2, 0.25) is 0 Å². The predicted molar refractivity (Wildman–Crippen MR) is 69.5 cm³/mol. The first-order chi connectivity index (χ1) is 8.12. The molecule has 1 rings (SSSR count). The van der Waals surface area contributed by atoms with Crippen LogP contribution in [-0.2, 0) is 11.3 Å². The Bertz CT molecular complexity index is 339. The fourth-order valence-corrected chi connectivity index (χ4v) is 1.62. The van der Waals surface area contributed by atoms with Crippen molar-refractivity contribution >= 4 is 0 Å². The van der Waals surface area contributed by atoms with Crippen LogP contribution >= 0.6 is 0 Å². The van der Waals surface area contributed by atoms with Gasteiger partial charge in [0.05, 0.1) is 24.9 Å². The molecule has 0 aliphatic rings. The van der Waals surface area contributed by atoms with Gasteiger partial charge in [-0.05, 0) is 18.9 Å². The van der Waals surface area contributed by atoms with Crippen molar-refractivity contribution in [1.29, 1.82) is 0 Å². The Morgan fingerprint density at radius 3 is 2.65 bits per heavy atom. The van der Waals surface area contributed by atoms with Crippen molar-refractivity contribution < 1.29 is 9.84 Å². The van der Waals surface area contributed by atoms with E-state index in [1.807, 2.05) is 37.3 Å². The van der Waals surface area contributed by atoms with Crippen LogP contribution in [-0.4, -0.2) is 23.4 Å². The van der Waals surface area contributed by atoms with Crippen molar-refractivity contribution in [2.24, 2.45) is 5.73 Å². The molecule has 0 radical (unpaired) electrons. The van der Waals surface area contributed by atoms with Crippen molar-refractivity contribution in [3.8, 4) is 0 Å². The summed E-state index contributed by atoms with van der Waals surface area (Å²) in [6, 6.07) is 9.48. The summed E-state index contributed by atoms with van der Waals surface area (Å²) in [7, 11) is 0. The number of hydrogen-bond donors (Lipinski definition) is 2. The third kappa shape index (κ3) is 3.97. The molecule has 0 aromatic heterocycles. The van der Waals surface area contributed by atoms with Crippen molar-refractivity contribution in [1.82, 2.24) is 0 Å². The Morgan fingerprint density at radius 2 is 2.12 bits per heavy atom. The molecule has 0 spiro atoms. The lowest BCUT2D eigenvalue weighted by Gasteiger charge is -2.33. The van der Waals surface area contributed by atoms with Gasteiger partial charge in [0, 0.05) is 0 Å². The zero-order chi connectivity index (χ0) is 12.7. The maximum absolute atomic E-state index is 9.15. The minimum absolute atomic E-state index is 0.0981. The molecule has 2 atom stereocenters. The molecule has 0 amide bonds. The molecule has 1 aromatic carbocycles. The minimum Gasteiger partial charge on any atom is -0.395 e. The number of ether oxygens (including phenoxy) is 1. The lowest BCUT2D eigenvalue weighted by Crippen LogP contribution is -2.49. The molecule has 3 N–H and O–H groups in total. The number of aliphatic hydroxyl groups is 1. The molecule has 0 aliphatic heterocycles. The van der Waals surface area contributed by atoms with Gasteiger partial charge < -0.3 is 15.6 Å². The molecular weight excluding hydrogens is 214 g/mol. The Morgan fingerprint density at radius 1 is 1.47 bits per heavy atom. The largest absolute Gasteiger partial charge is 0.395 e. The van der Waals surface area contributed by atoms with E-state index >= 15 is 0 Å². The maximum Gasteiger partial charge on any atom is 0.0865 e. The summed E-state index contributed by atoms with van der Waals surface area (Å²) in [5.74, 6) is 0. The van der Waals surface area contributed by atoms with Gasteiger partial charge in [-0.15, -0.1) is 6.58 Å². The fourth-order valence-electron chi connectivity index (χ4n) is 1.62. The van der Waals surface area contributed by atoms with E-state index in [2.05, 4.69) is 6.58 Å². The van der Waals surface area contributed by atoms with Gasteiger partial charge in [-0.25, -0.2) is 0 Å². The van der Waals surface area contributed by atoms with Gasteiger partial charge in [0.15, 0.2) is 0 Å². The van der Waals surface area contributed by atoms with Crippen LogP contribution in [0.1, 0.15) is 18.9 Å². The molecule has 0 unspecified atom stereocenters. The number of benzene rings is 1. The lowest BCUT2D eigenvalue weighted by atomic mass is 9.93. The zero-order valence-corrected chi connectivity index (χ0v) is 10.3. The molecule has 0 heterocycles. The Hall–Kier alpha value is -1.16. The monoisotopic (exact) mass is 235 g/mol. The Labute approximate surface area is 103 Å². The third-order valence-electron chi connectivity index (χ3n) is 2.94. The summed E-state index contributed by atoms with van der Waals surface area (Å²) in [4.78, 5) is 0. The molecule has 0 saturated heterocycles. The molecule has 94 valence electrons. The molecule has 0 saturated carbocycles. The van der Waals surface area contributed by atoms with Crippen LogP contribution in [0.3, 0.4) is 0 Å². The van der Waals surface area contributed by atoms with Gasteiger partial charge in [0.1, 0.15) is 0 Å². The van der Waals surface area contributed by atoms with Gasteiger partial charge in [-0.1, -0.05) is 36.4 Å². The van der Waals surface area contributed by atoms with E-state index in [-0.39, 0.29) is 6.61 Å². The van der Waals surface area contributed by atoms with Gasteiger partial charge >= 0.3 is 0 Å². The van der Waals surface area contributed by atoms with Gasteiger partial charge in [-0.3, -0.25) is 0 Å². The van der Waals surface area contributed by atoms with Crippen LogP contribution < -0.4 is 5.73 Å². The summed E-state index contributed by atoms with van der Waals surface area (Å²) in [5, 5.41) is 9.15. The second-order valence-electron chi connectivity index (χ2n) is 4.37. The highest BCUT2D eigenvalue weighted by atomic mass is 16.5. The highest BCUT2D eigenvalue weighted by molar-refractivity contribution is 5.13. The summed E-state index contributed by atoms with van der Waals surface area (Å²) in [6.07, 6.45) is 2.38. The molecule has 0 bridgehead atoms. The number of hydrogen-bond acceptors (Lipinski definition) is 3. The Kier molecular flexibility index (Phi) is 5.35. The fraction of sp³-hybridized carbons (Fsp3) is 0.429. The standard InChI is InChI=1S/C14H21NO2/c1-3-9-14(2,13(15)10-16)17-11-12-7-5-4-6-8-12/h3-8,13,16H,1,9-11,15H2,2H3/t13-,14+/m0/s1. The average Bonchev–Trinajstić information content (AvgIpc) is 2.37. The smallest absolute Gasteiger partial charge is 0.0865 e. The number of nitrogens with two attached hydrogens (primary N) is 1. The van der Waals surface area contributed by atoms with Crippen molar-refractivity contribution in [2.45, 2.75) is 31.6 Å². The third-order valence-corrected chi connectivity index (χ3v) is 2.94. The van der Waals surface area contributed by atoms with E-state index in [4.69, 9.17) is 15.6 Å². The molecule has 1 aromatic rings. The molecular formula is C14H21NO2. The lowest BCUT2D eigenvalue weighted by molar-refractivity contribution is -0.0680. The summed E-state index contributed by atoms with van der Waals surface area (Å²) < 4.78 is 5.85. The second kappa shape index (κ2) is 6.55. The van der Waals surface area contributed by atoms with Gasteiger partial charge in [0.25, 0.3) is 0 Å². The molecule has 3 heteroatoms. The first-order valence-electron chi connectivity index (χ1n) is 5.77. The van der Waals surface area contributed by atoms with Crippen molar-refractivity contribution in [2.75, 3.05) is 6.61 Å². The highest BCUT2D eigenvalue weighted by Gasteiger charge is 2.31. The van der Waals surface area contributed by atoms with Crippen molar-refractivity contribution in [3.05, 3.63) is 48.6 Å². The predicted octanol–water partition coefficient (Wildman–Crippen LogP) is 1.86. The van der Waals surface area contributed by atoms with Crippen LogP contribution in [0.2, 0.25) is 0 Å². The zero-order valence-electron chi connectivity index (χ0n) is 10.3. The second-order valence-corrected chi connectivity index (χ2v) is 4.37. The first kappa shape index (κ1) is 13.9. The van der Waals surface area contributed by atoms with E-state index in [0.29, 0.717) is 13.0 Å². The highest BCUT2D eigenvalue weighted by Crippen LogP contribution is 2.21. The SMILES string of the molecule is C=CC[C@@](C)(OCc1ccccc1)[C@@H](N)CO. The molecule has 0 aliphatic carbocycles. The van der Waals surface area contributed by atoms with E-state index in [9.17, 15) is 0 Å². The summed E-state index contributed by atoms with van der Waals surface area (Å²) in [5.41, 5.74) is 6.39. The Balaban J connectivity index is 2.64. The molecule has 17 heavy (non-hydrogen) atoms. The van der Waals surface area contributed by atoms with Crippen LogP contribution in [0.25, 0.3) is 0 Å². The summed E-state index contributed by atoms with van der Waals surface area (Å²) >= 11 is 0. The quantitative estimate of drug-likeness (QED) is 0.709. The maximum atomic E-state index is 9.15. The summed E-state index contributed by atoms with van der Waals surface area (Å²) in [6.45, 7) is 5.99. The van der Waals surface area contributed by atoms with Crippen LogP contribution in [0, 0.1) is 0 Å². The first-order valence-corrected chi connectivity index (χ1v) is 5.77. The van der Waals surface area contributed by atoms with Crippen molar-refractivity contribution in [3.63, 3.8) is 0 Å². The van der Waals surface area contributed by atoms with Gasteiger partial charge in [-0.2, -0.15) is 0 Å². The van der Waals surface area contributed by atoms with E-state index in [1.54, 1.807) is 6.08 Å². The van der Waals surface area contributed by atoms with Crippen LogP contribution in [0.15, 0.2) is 43.0 Å². The van der Waals surface area contributed by atoms with Crippen LogP contribution in [0.5, 0.6) is 0 Å². The number of aliphatic hydroxyl groups excluding tert-OH is 1. The van der Waals surface area contributed by atoms with Crippen LogP contribution in [0.4, 0.5) is 0 Å². The molecule has 3 nitrogen and oxygen atoms in total. The average molecular weight is 235 g/mol. The normalized spacial score (nSPS) is 16.2. The van der Waals surface area contributed by atoms with E-state index in [0.717, 1.165) is 5.56 Å².